The van der Waals surface area contributed by atoms with E-state index < -0.39 is 5.97 Å². The highest BCUT2D eigenvalue weighted by molar-refractivity contribution is 7.09. The van der Waals surface area contributed by atoms with Gasteiger partial charge in [0.2, 0.25) is 0 Å². The highest BCUT2D eigenvalue weighted by Crippen LogP contribution is 2.31. The first kappa shape index (κ1) is 29.2. The summed E-state index contributed by atoms with van der Waals surface area (Å²) in [5.41, 5.74) is 9.40. The summed E-state index contributed by atoms with van der Waals surface area (Å²) in [4.78, 5) is 40.5. The van der Waals surface area contributed by atoms with Crippen LogP contribution < -0.4 is 16.4 Å². The molecule has 3 aromatic carbocycles. The summed E-state index contributed by atoms with van der Waals surface area (Å²) < 4.78 is 5.05. The molecule has 4 aromatic rings. The van der Waals surface area contributed by atoms with Gasteiger partial charge in [0.1, 0.15) is 5.84 Å². The molecule has 0 saturated heterocycles. The van der Waals surface area contributed by atoms with Crippen molar-refractivity contribution in [3.8, 4) is 11.1 Å². The lowest BCUT2D eigenvalue weighted by atomic mass is 9.91. The average molecular weight is 569 g/mol. The molecule has 210 valence electrons. The Morgan fingerprint density at radius 1 is 0.902 bits per heavy atom. The fraction of sp³-hybridized carbons (Fsp3) is 0.188. The highest BCUT2D eigenvalue weighted by Gasteiger charge is 2.22. The number of carbonyl (C=O) groups is 3. The van der Waals surface area contributed by atoms with Gasteiger partial charge in [-0.3, -0.25) is 15.0 Å². The number of amides is 2. The van der Waals surface area contributed by atoms with Gasteiger partial charge < -0.3 is 21.1 Å². The Balaban J connectivity index is 1.77. The topological polar surface area (TPSA) is 134 Å². The van der Waals surface area contributed by atoms with E-state index in [2.05, 4.69) is 10.6 Å². The van der Waals surface area contributed by atoms with Crippen LogP contribution in [0.3, 0.4) is 0 Å². The number of ether oxygens (including phenoxy) is 1. The molecule has 0 fully saturated rings. The highest BCUT2D eigenvalue weighted by atomic mass is 32.1. The van der Waals surface area contributed by atoms with E-state index in [1.807, 2.05) is 49.6 Å². The number of anilines is 1. The molecule has 0 unspecified atom stereocenters. The first-order valence-electron chi connectivity index (χ1n) is 13.1. The zero-order chi connectivity index (χ0) is 29.5. The maximum atomic E-state index is 13.7. The maximum absolute atomic E-state index is 13.7. The van der Waals surface area contributed by atoms with Crippen LogP contribution in [0.2, 0.25) is 0 Å². The third kappa shape index (κ3) is 7.26. The van der Waals surface area contributed by atoms with Crippen LogP contribution >= 0.6 is 11.3 Å². The van der Waals surface area contributed by atoms with E-state index in [-0.39, 0.29) is 29.1 Å². The summed E-state index contributed by atoms with van der Waals surface area (Å²) in [7, 11) is 1.28. The zero-order valence-electron chi connectivity index (χ0n) is 23.1. The predicted molar refractivity (Wildman–Crippen MR) is 163 cm³/mol. The van der Waals surface area contributed by atoms with Crippen LogP contribution in [-0.4, -0.2) is 37.3 Å². The van der Waals surface area contributed by atoms with Crippen LogP contribution in [0, 0.1) is 11.3 Å². The molecule has 9 heteroatoms. The Morgan fingerprint density at radius 3 is 2.22 bits per heavy atom. The molecule has 0 aliphatic rings. The number of nitrogens with one attached hydrogen (secondary N) is 3. The third-order valence-electron chi connectivity index (χ3n) is 6.39. The number of esters is 1. The molecule has 0 aliphatic carbocycles. The quantitative estimate of drug-likeness (QED) is 0.110. The molecule has 0 radical (unpaired) electrons. The zero-order valence-corrected chi connectivity index (χ0v) is 23.9. The number of nitrogen functional groups attached to an aromatic ring is 1. The molecule has 8 nitrogen and oxygen atoms in total. The second kappa shape index (κ2) is 13.1. The molecule has 1 aromatic heterocycles. The number of nitrogens with two attached hydrogens (primary N) is 1. The lowest BCUT2D eigenvalue weighted by Crippen LogP contribution is -2.27. The van der Waals surface area contributed by atoms with Crippen LogP contribution in [-0.2, 0) is 11.2 Å². The van der Waals surface area contributed by atoms with Gasteiger partial charge in [0, 0.05) is 40.2 Å². The molecule has 0 saturated carbocycles. The Bertz CT molecular complexity index is 1580. The van der Waals surface area contributed by atoms with E-state index in [1.54, 1.807) is 47.7 Å². The van der Waals surface area contributed by atoms with Crippen molar-refractivity contribution >= 4 is 40.6 Å². The van der Waals surface area contributed by atoms with E-state index in [4.69, 9.17) is 15.9 Å². The minimum absolute atomic E-state index is 0.0666. The second-order valence-electron chi connectivity index (χ2n) is 9.94. The minimum atomic E-state index is -0.618. The largest absolute Gasteiger partial charge is 0.465 e. The van der Waals surface area contributed by atoms with Crippen molar-refractivity contribution in [1.29, 1.82) is 5.41 Å². The van der Waals surface area contributed by atoms with Gasteiger partial charge >= 0.3 is 5.97 Å². The van der Waals surface area contributed by atoms with Crippen molar-refractivity contribution in [1.82, 2.24) is 5.32 Å². The second-order valence-corrected chi connectivity index (χ2v) is 11.0. The number of hydrogen-bond donors (Lipinski definition) is 4. The van der Waals surface area contributed by atoms with Crippen LogP contribution in [0.15, 0.2) is 78.2 Å². The number of rotatable bonds is 10. The molecular weight excluding hydrogens is 536 g/mol. The number of carbonyl (C=O) groups excluding carboxylic acids is 3. The first-order valence-corrected chi connectivity index (χ1v) is 14.0. The van der Waals surface area contributed by atoms with Crippen molar-refractivity contribution < 1.29 is 19.1 Å². The normalized spacial score (nSPS) is 10.7. The summed E-state index contributed by atoms with van der Waals surface area (Å²) in [6.07, 6.45) is 0.643. The Labute approximate surface area is 243 Å². The fourth-order valence-electron chi connectivity index (χ4n) is 4.27. The molecule has 4 rings (SSSR count). The number of hydrogen-bond acceptors (Lipinski definition) is 6. The Kier molecular flexibility index (Phi) is 9.31. The first-order chi connectivity index (χ1) is 19.7. The van der Waals surface area contributed by atoms with Gasteiger partial charge in [-0.05, 0) is 76.5 Å². The third-order valence-corrected chi connectivity index (χ3v) is 7.27. The van der Waals surface area contributed by atoms with Gasteiger partial charge in [0.15, 0.2) is 0 Å². The molecule has 0 atom stereocenters. The van der Waals surface area contributed by atoms with Gasteiger partial charge in [-0.2, -0.15) is 0 Å². The number of amidine groups is 1. The van der Waals surface area contributed by atoms with E-state index in [0.29, 0.717) is 46.5 Å². The fourth-order valence-corrected chi connectivity index (χ4v) is 5.01. The molecule has 5 N–H and O–H groups in total. The van der Waals surface area contributed by atoms with Gasteiger partial charge in [0.25, 0.3) is 11.8 Å². The van der Waals surface area contributed by atoms with Crippen LogP contribution in [0.25, 0.3) is 11.1 Å². The van der Waals surface area contributed by atoms with Crippen LogP contribution in [0.4, 0.5) is 5.69 Å². The summed E-state index contributed by atoms with van der Waals surface area (Å²) in [6, 6.07) is 21.0. The summed E-state index contributed by atoms with van der Waals surface area (Å²) in [6.45, 7) is 4.49. The number of thiophene rings is 1. The van der Waals surface area contributed by atoms with Crippen molar-refractivity contribution in [2.45, 2.75) is 20.3 Å². The summed E-state index contributed by atoms with van der Waals surface area (Å²) in [5.74, 6) is -1.09. The molecule has 0 bridgehead atoms. The lowest BCUT2D eigenvalue weighted by molar-refractivity contribution is 0.0601. The van der Waals surface area contributed by atoms with Crippen LogP contribution in [0.1, 0.15) is 60.9 Å². The van der Waals surface area contributed by atoms with Crippen molar-refractivity contribution in [3.05, 3.63) is 111 Å². The average Bonchev–Trinajstić information content (AvgIpc) is 3.48. The van der Waals surface area contributed by atoms with Crippen molar-refractivity contribution in [3.63, 3.8) is 0 Å². The molecule has 0 aliphatic heterocycles. The van der Waals surface area contributed by atoms with E-state index >= 15 is 0 Å². The SMILES string of the molecule is COC(=O)c1cc(C(=O)NCC(C)C)ccc1-c1ccc(Cc2cccs2)cc1C(=O)Nc1ccc(C(=N)N)cc1. The number of methoxy groups -OCH3 is 1. The predicted octanol–water partition coefficient (Wildman–Crippen LogP) is 5.71. The monoisotopic (exact) mass is 568 g/mol. The van der Waals surface area contributed by atoms with Gasteiger partial charge in [-0.25, -0.2) is 4.79 Å². The molecule has 41 heavy (non-hydrogen) atoms. The molecule has 0 spiro atoms. The van der Waals surface area contributed by atoms with E-state index in [0.717, 1.165) is 10.4 Å². The van der Waals surface area contributed by atoms with E-state index in [9.17, 15) is 14.4 Å². The Hall–Kier alpha value is -4.76. The van der Waals surface area contributed by atoms with Gasteiger partial charge in [0.05, 0.1) is 12.7 Å². The standard InChI is InChI=1S/C32H32N4O4S/c1-19(2)18-35-30(37)22-9-13-26(28(17-22)32(39)40-3)25-12-6-20(15-24-5-4-14-41-24)16-27(25)31(38)36-23-10-7-21(8-11-23)29(33)34/h4-14,16-17,19H,15,18H2,1-3H3,(H3,33,34)(H,35,37)(H,36,38). The molecular formula is C32H32N4O4S. The smallest absolute Gasteiger partial charge is 0.338 e. The van der Waals surface area contributed by atoms with E-state index in [1.165, 1.54) is 13.2 Å². The minimum Gasteiger partial charge on any atom is -0.465 e. The lowest BCUT2D eigenvalue weighted by Gasteiger charge is -2.16. The van der Waals surface area contributed by atoms with Crippen molar-refractivity contribution in [2.24, 2.45) is 11.7 Å². The maximum Gasteiger partial charge on any atom is 0.338 e. The number of benzene rings is 3. The van der Waals surface area contributed by atoms with Gasteiger partial charge in [-0.15, -0.1) is 11.3 Å². The Morgan fingerprint density at radius 2 is 1.59 bits per heavy atom. The van der Waals surface area contributed by atoms with Crippen LogP contribution in [0.5, 0.6) is 0 Å². The van der Waals surface area contributed by atoms with Crippen molar-refractivity contribution in [2.75, 3.05) is 19.0 Å². The molecule has 2 amide bonds. The molecule has 1 heterocycles. The van der Waals surface area contributed by atoms with Gasteiger partial charge in [-0.1, -0.05) is 38.1 Å². The summed E-state index contributed by atoms with van der Waals surface area (Å²) in [5, 5.41) is 15.4. The summed E-state index contributed by atoms with van der Waals surface area (Å²) >= 11 is 1.63.